The van der Waals surface area contributed by atoms with Gasteiger partial charge in [-0.05, 0) is 42.5 Å². The molecule has 0 aliphatic heterocycles. The van der Waals surface area contributed by atoms with Crippen LogP contribution in [-0.4, -0.2) is 35.1 Å². The highest BCUT2D eigenvalue weighted by Gasteiger charge is 2.15. The standard InChI is InChI=1S/C22H17BrN4O3/c1-29-19-8-5-15(10-20(19)30-2)21-26-18-7-6-16(23)11-17(18)22(28)27(21)25-13-14-4-3-9-24-12-14/h3-13H,1-2H3. The number of aromatic nitrogens is 3. The Bertz CT molecular complexity index is 1300. The summed E-state index contributed by atoms with van der Waals surface area (Å²) in [5.41, 5.74) is 1.71. The molecule has 0 unspecified atom stereocenters. The van der Waals surface area contributed by atoms with Gasteiger partial charge in [-0.25, -0.2) is 4.98 Å². The third-order valence-corrected chi connectivity index (χ3v) is 4.95. The van der Waals surface area contributed by atoms with Gasteiger partial charge in [0.2, 0.25) is 0 Å². The van der Waals surface area contributed by atoms with E-state index in [0.29, 0.717) is 33.8 Å². The summed E-state index contributed by atoms with van der Waals surface area (Å²) in [5.74, 6) is 1.50. The highest BCUT2D eigenvalue weighted by Crippen LogP contribution is 2.32. The van der Waals surface area contributed by atoms with Crippen molar-refractivity contribution in [3.63, 3.8) is 0 Å². The molecule has 0 N–H and O–H groups in total. The van der Waals surface area contributed by atoms with Crippen LogP contribution in [0.1, 0.15) is 5.56 Å². The van der Waals surface area contributed by atoms with E-state index < -0.39 is 0 Å². The smallest absolute Gasteiger partial charge is 0.282 e. The van der Waals surface area contributed by atoms with E-state index in [4.69, 9.17) is 14.5 Å². The average Bonchev–Trinajstić information content (AvgIpc) is 2.79. The van der Waals surface area contributed by atoms with Crippen LogP contribution in [0.15, 0.2) is 75.3 Å². The molecule has 0 radical (unpaired) electrons. The van der Waals surface area contributed by atoms with E-state index in [0.717, 1.165) is 10.0 Å². The van der Waals surface area contributed by atoms with E-state index in [-0.39, 0.29) is 5.56 Å². The summed E-state index contributed by atoms with van der Waals surface area (Å²) < 4.78 is 12.8. The summed E-state index contributed by atoms with van der Waals surface area (Å²) in [6, 6.07) is 14.4. The Morgan fingerprint density at radius 3 is 2.63 bits per heavy atom. The zero-order valence-electron chi connectivity index (χ0n) is 16.2. The lowest BCUT2D eigenvalue weighted by Crippen LogP contribution is -2.20. The number of hydrogen-bond donors (Lipinski definition) is 0. The first kappa shape index (κ1) is 19.8. The number of nitrogens with zero attached hydrogens (tertiary/aromatic N) is 4. The van der Waals surface area contributed by atoms with Gasteiger partial charge >= 0.3 is 0 Å². The van der Waals surface area contributed by atoms with Crippen molar-refractivity contribution in [1.82, 2.24) is 14.6 Å². The molecule has 0 amide bonds. The first-order valence-electron chi connectivity index (χ1n) is 9.00. The van der Waals surface area contributed by atoms with Crippen molar-refractivity contribution in [3.05, 3.63) is 81.3 Å². The molecule has 0 bridgehead atoms. The molecular weight excluding hydrogens is 448 g/mol. The molecule has 0 spiro atoms. The van der Waals surface area contributed by atoms with Crippen molar-refractivity contribution < 1.29 is 9.47 Å². The molecule has 0 saturated heterocycles. The van der Waals surface area contributed by atoms with Crippen molar-refractivity contribution in [2.75, 3.05) is 14.2 Å². The van der Waals surface area contributed by atoms with E-state index in [1.54, 1.807) is 63.2 Å². The number of rotatable bonds is 5. The maximum absolute atomic E-state index is 13.3. The summed E-state index contributed by atoms with van der Waals surface area (Å²) in [5, 5.41) is 4.88. The Morgan fingerprint density at radius 2 is 1.90 bits per heavy atom. The van der Waals surface area contributed by atoms with Gasteiger partial charge in [-0.15, -0.1) is 0 Å². The molecule has 0 saturated carbocycles. The first-order valence-corrected chi connectivity index (χ1v) is 9.79. The zero-order chi connectivity index (χ0) is 21.1. The lowest BCUT2D eigenvalue weighted by atomic mass is 10.1. The first-order chi connectivity index (χ1) is 14.6. The number of halogens is 1. The Morgan fingerprint density at radius 1 is 1.07 bits per heavy atom. The van der Waals surface area contributed by atoms with Crippen molar-refractivity contribution in [2.24, 2.45) is 5.10 Å². The van der Waals surface area contributed by atoms with Crippen LogP contribution in [0.2, 0.25) is 0 Å². The topological polar surface area (TPSA) is 78.6 Å². The lowest BCUT2D eigenvalue weighted by Gasteiger charge is -2.12. The molecule has 150 valence electrons. The molecule has 2 aromatic heterocycles. The third-order valence-electron chi connectivity index (χ3n) is 4.46. The monoisotopic (exact) mass is 464 g/mol. The van der Waals surface area contributed by atoms with Gasteiger partial charge in [0.05, 0.1) is 31.3 Å². The molecule has 2 aromatic carbocycles. The fraction of sp³-hybridized carbons (Fsp3) is 0.0909. The molecule has 4 rings (SSSR count). The largest absolute Gasteiger partial charge is 0.493 e. The predicted octanol–water partition coefficient (Wildman–Crippen LogP) is 4.12. The third kappa shape index (κ3) is 3.81. The van der Waals surface area contributed by atoms with E-state index in [1.807, 2.05) is 18.2 Å². The molecule has 8 heteroatoms. The Kier molecular flexibility index (Phi) is 5.58. The average molecular weight is 465 g/mol. The number of ether oxygens (including phenoxy) is 2. The van der Waals surface area contributed by atoms with Crippen molar-refractivity contribution >= 4 is 33.0 Å². The fourth-order valence-electron chi connectivity index (χ4n) is 2.99. The molecule has 4 aromatic rings. The van der Waals surface area contributed by atoms with Gasteiger partial charge in [0.1, 0.15) is 0 Å². The normalized spacial score (nSPS) is 11.2. The molecule has 7 nitrogen and oxygen atoms in total. The minimum atomic E-state index is -0.286. The molecule has 0 fully saturated rings. The van der Waals surface area contributed by atoms with E-state index in [1.165, 1.54) is 4.68 Å². The Labute approximate surface area is 180 Å². The zero-order valence-corrected chi connectivity index (χ0v) is 17.8. The minimum absolute atomic E-state index is 0.286. The summed E-state index contributed by atoms with van der Waals surface area (Å²) in [7, 11) is 3.12. The highest BCUT2D eigenvalue weighted by atomic mass is 79.9. The van der Waals surface area contributed by atoms with Gasteiger partial charge in [0.25, 0.3) is 5.56 Å². The van der Waals surface area contributed by atoms with Crippen molar-refractivity contribution in [3.8, 4) is 22.9 Å². The molecule has 30 heavy (non-hydrogen) atoms. The second-order valence-corrected chi connectivity index (χ2v) is 7.23. The van der Waals surface area contributed by atoms with Crippen LogP contribution in [-0.2, 0) is 0 Å². The number of pyridine rings is 1. The van der Waals surface area contributed by atoms with E-state index >= 15 is 0 Å². The number of methoxy groups -OCH3 is 2. The molecule has 2 heterocycles. The predicted molar refractivity (Wildman–Crippen MR) is 119 cm³/mol. The second-order valence-electron chi connectivity index (χ2n) is 6.31. The van der Waals surface area contributed by atoms with Gasteiger partial charge in [-0.2, -0.15) is 9.78 Å². The molecular formula is C22H17BrN4O3. The van der Waals surface area contributed by atoms with Crippen LogP contribution in [0.3, 0.4) is 0 Å². The highest BCUT2D eigenvalue weighted by molar-refractivity contribution is 9.10. The SMILES string of the molecule is COc1ccc(-c2nc3ccc(Br)cc3c(=O)n2N=Cc2cccnc2)cc1OC. The summed E-state index contributed by atoms with van der Waals surface area (Å²) >= 11 is 3.41. The van der Waals surface area contributed by atoms with Gasteiger partial charge in [-0.3, -0.25) is 9.78 Å². The fourth-order valence-corrected chi connectivity index (χ4v) is 3.36. The van der Waals surface area contributed by atoms with E-state index in [2.05, 4.69) is 26.0 Å². The van der Waals surface area contributed by atoms with Crippen LogP contribution in [0.25, 0.3) is 22.3 Å². The van der Waals surface area contributed by atoms with Crippen LogP contribution in [0, 0.1) is 0 Å². The lowest BCUT2D eigenvalue weighted by molar-refractivity contribution is 0.355. The quantitative estimate of drug-likeness (QED) is 0.415. The number of benzene rings is 2. The van der Waals surface area contributed by atoms with Crippen LogP contribution in [0.4, 0.5) is 0 Å². The second kappa shape index (κ2) is 8.46. The summed E-state index contributed by atoms with van der Waals surface area (Å²) in [4.78, 5) is 22.1. The maximum Gasteiger partial charge on any atom is 0.282 e. The number of hydrogen-bond acceptors (Lipinski definition) is 6. The van der Waals surface area contributed by atoms with Gasteiger partial charge in [0, 0.05) is 28.0 Å². The molecule has 0 atom stereocenters. The number of fused-ring (bicyclic) bond motifs is 1. The van der Waals surface area contributed by atoms with Crippen LogP contribution in [0.5, 0.6) is 11.5 Å². The Balaban J connectivity index is 1.97. The maximum atomic E-state index is 13.3. The summed E-state index contributed by atoms with van der Waals surface area (Å²) in [6.45, 7) is 0. The molecule has 0 aliphatic carbocycles. The molecule has 0 aliphatic rings. The van der Waals surface area contributed by atoms with Crippen molar-refractivity contribution in [2.45, 2.75) is 0 Å². The summed E-state index contributed by atoms with van der Waals surface area (Å²) in [6.07, 6.45) is 4.91. The van der Waals surface area contributed by atoms with Crippen molar-refractivity contribution in [1.29, 1.82) is 0 Å². The Hall–Kier alpha value is -3.52. The van der Waals surface area contributed by atoms with Crippen LogP contribution < -0.4 is 15.0 Å². The minimum Gasteiger partial charge on any atom is -0.493 e. The van der Waals surface area contributed by atoms with Gasteiger partial charge < -0.3 is 9.47 Å². The van der Waals surface area contributed by atoms with Crippen LogP contribution >= 0.6 is 15.9 Å². The van der Waals surface area contributed by atoms with Gasteiger partial charge in [0.15, 0.2) is 17.3 Å². The van der Waals surface area contributed by atoms with E-state index in [9.17, 15) is 4.79 Å². The van der Waals surface area contributed by atoms with Gasteiger partial charge in [-0.1, -0.05) is 22.0 Å².